The zero-order valence-electron chi connectivity index (χ0n) is 18.7. The summed E-state index contributed by atoms with van der Waals surface area (Å²) in [6, 6.07) is 18.1. The first kappa shape index (κ1) is 24.4. The van der Waals surface area contributed by atoms with Crippen molar-refractivity contribution in [2.45, 2.75) is 6.92 Å². The molecule has 3 rings (SSSR count). The van der Waals surface area contributed by atoms with E-state index in [2.05, 4.69) is 13.2 Å². The van der Waals surface area contributed by atoms with Crippen molar-refractivity contribution in [2.75, 3.05) is 13.4 Å². The summed E-state index contributed by atoms with van der Waals surface area (Å²) in [4.78, 5) is 34.5. The number of hydrogen-bond donors (Lipinski definition) is 0. The standard InChI is InChI=1S/C27H24O7/c1-4-16-31-32-18-30-22-10-12-23(13-11-22)33-27(29)25-15-14-24(17-19(25)3)34-26(28)21-8-6-20(5-2)7-9-21/h4-15,17H,1-2,16,18H2,3H3. The smallest absolute Gasteiger partial charge is 0.343 e. The highest BCUT2D eigenvalue weighted by Gasteiger charge is 2.15. The number of ether oxygens (including phenoxy) is 3. The molecule has 0 N–H and O–H groups in total. The van der Waals surface area contributed by atoms with Gasteiger partial charge in [-0.05, 0) is 72.6 Å². The van der Waals surface area contributed by atoms with Crippen LogP contribution in [0.25, 0.3) is 6.08 Å². The predicted octanol–water partition coefficient (Wildman–Crippen LogP) is 5.55. The molecule has 0 unspecified atom stereocenters. The molecule has 3 aromatic rings. The maximum atomic E-state index is 12.6. The topological polar surface area (TPSA) is 80.3 Å². The number of esters is 2. The minimum atomic E-state index is -0.537. The van der Waals surface area contributed by atoms with Crippen molar-refractivity contribution in [3.63, 3.8) is 0 Å². The van der Waals surface area contributed by atoms with Crippen molar-refractivity contribution in [3.8, 4) is 17.2 Å². The van der Waals surface area contributed by atoms with E-state index >= 15 is 0 Å². The van der Waals surface area contributed by atoms with Crippen molar-refractivity contribution < 1.29 is 33.6 Å². The third kappa shape index (κ3) is 6.90. The third-order valence-electron chi connectivity index (χ3n) is 4.59. The van der Waals surface area contributed by atoms with Gasteiger partial charge in [-0.2, -0.15) is 4.89 Å². The van der Waals surface area contributed by atoms with Crippen LogP contribution in [0.4, 0.5) is 0 Å². The van der Waals surface area contributed by atoms with Gasteiger partial charge in [0.2, 0.25) is 6.79 Å². The average molecular weight is 460 g/mol. The fraction of sp³-hybridized carbons (Fsp3) is 0.111. The van der Waals surface area contributed by atoms with Crippen molar-refractivity contribution in [1.29, 1.82) is 0 Å². The molecular weight excluding hydrogens is 436 g/mol. The van der Waals surface area contributed by atoms with Crippen molar-refractivity contribution in [3.05, 3.63) is 108 Å². The highest BCUT2D eigenvalue weighted by molar-refractivity contribution is 5.94. The van der Waals surface area contributed by atoms with E-state index in [-0.39, 0.29) is 13.4 Å². The lowest BCUT2D eigenvalue weighted by molar-refractivity contribution is -0.315. The monoisotopic (exact) mass is 460 g/mol. The van der Waals surface area contributed by atoms with Crippen LogP contribution in [0.1, 0.15) is 31.8 Å². The number of benzene rings is 3. The molecule has 7 heteroatoms. The zero-order chi connectivity index (χ0) is 24.3. The Bertz CT molecular complexity index is 1150. The van der Waals surface area contributed by atoms with E-state index in [9.17, 15) is 9.59 Å². The second kappa shape index (κ2) is 12.2. The van der Waals surface area contributed by atoms with Gasteiger partial charge in [-0.3, -0.25) is 0 Å². The fourth-order valence-corrected chi connectivity index (χ4v) is 2.84. The van der Waals surface area contributed by atoms with Crippen LogP contribution in [0.5, 0.6) is 17.2 Å². The fourth-order valence-electron chi connectivity index (χ4n) is 2.84. The largest absolute Gasteiger partial charge is 0.465 e. The van der Waals surface area contributed by atoms with Gasteiger partial charge in [0.1, 0.15) is 23.9 Å². The van der Waals surface area contributed by atoms with Crippen LogP contribution in [0.2, 0.25) is 0 Å². The van der Waals surface area contributed by atoms with E-state index in [0.29, 0.717) is 33.9 Å². The summed E-state index contributed by atoms with van der Waals surface area (Å²) in [5.74, 6) is 0.158. The Morgan fingerprint density at radius 3 is 2.09 bits per heavy atom. The molecule has 0 atom stereocenters. The van der Waals surface area contributed by atoms with Crippen LogP contribution in [0.15, 0.2) is 86.0 Å². The van der Waals surface area contributed by atoms with Crippen LogP contribution in [0, 0.1) is 6.92 Å². The lowest BCUT2D eigenvalue weighted by Gasteiger charge is -2.10. The Kier molecular flexibility index (Phi) is 8.73. The summed E-state index contributed by atoms with van der Waals surface area (Å²) in [5.41, 5.74) is 2.27. The third-order valence-corrected chi connectivity index (χ3v) is 4.59. The molecule has 0 heterocycles. The molecule has 174 valence electrons. The summed E-state index contributed by atoms with van der Waals surface area (Å²) in [6.45, 7) is 9.08. The lowest BCUT2D eigenvalue weighted by atomic mass is 10.1. The van der Waals surface area contributed by atoms with Crippen molar-refractivity contribution >= 4 is 18.0 Å². The Morgan fingerprint density at radius 2 is 1.44 bits per heavy atom. The van der Waals surface area contributed by atoms with Gasteiger partial charge in [-0.1, -0.05) is 30.9 Å². The van der Waals surface area contributed by atoms with Gasteiger partial charge in [0.15, 0.2) is 0 Å². The molecule has 0 radical (unpaired) electrons. The summed E-state index contributed by atoms with van der Waals surface area (Å²) in [7, 11) is 0. The Labute approximate surface area is 197 Å². The maximum absolute atomic E-state index is 12.6. The highest BCUT2D eigenvalue weighted by atomic mass is 17.2. The van der Waals surface area contributed by atoms with Crippen LogP contribution in [0.3, 0.4) is 0 Å². The molecule has 0 aliphatic heterocycles. The molecule has 7 nitrogen and oxygen atoms in total. The lowest BCUT2D eigenvalue weighted by Crippen LogP contribution is -2.12. The molecular formula is C27H24O7. The number of carbonyl (C=O) groups excluding carboxylic acids is 2. The van der Waals surface area contributed by atoms with Gasteiger partial charge >= 0.3 is 11.9 Å². The quantitative estimate of drug-likeness (QED) is 0.0706. The van der Waals surface area contributed by atoms with Gasteiger partial charge in [0.25, 0.3) is 0 Å². The molecule has 0 aliphatic rings. The first-order valence-electron chi connectivity index (χ1n) is 10.4. The van der Waals surface area contributed by atoms with Crippen LogP contribution in [-0.2, 0) is 9.78 Å². The van der Waals surface area contributed by atoms with Crippen LogP contribution >= 0.6 is 0 Å². The zero-order valence-corrected chi connectivity index (χ0v) is 18.7. The SMILES string of the molecule is C=CCOOCOc1ccc(OC(=O)c2ccc(OC(=O)c3ccc(C=C)cc3)cc2C)cc1. The molecule has 0 amide bonds. The van der Waals surface area contributed by atoms with Gasteiger partial charge in [-0.25, -0.2) is 14.5 Å². The van der Waals surface area contributed by atoms with Crippen molar-refractivity contribution in [1.82, 2.24) is 0 Å². The average Bonchev–Trinajstić information content (AvgIpc) is 2.85. The number of rotatable bonds is 11. The van der Waals surface area contributed by atoms with Crippen LogP contribution < -0.4 is 14.2 Å². The second-order valence-electron chi connectivity index (χ2n) is 7.01. The van der Waals surface area contributed by atoms with Gasteiger partial charge < -0.3 is 14.2 Å². The van der Waals surface area contributed by atoms with Gasteiger partial charge in [-0.15, -0.1) is 6.58 Å². The molecule has 0 spiro atoms. The molecule has 0 aliphatic carbocycles. The molecule has 0 fully saturated rings. The summed E-state index contributed by atoms with van der Waals surface area (Å²) >= 11 is 0. The maximum Gasteiger partial charge on any atom is 0.343 e. The summed E-state index contributed by atoms with van der Waals surface area (Å²) in [6.07, 6.45) is 3.24. The Morgan fingerprint density at radius 1 is 0.794 bits per heavy atom. The second-order valence-corrected chi connectivity index (χ2v) is 7.01. The van der Waals surface area contributed by atoms with Gasteiger partial charge in [0.05, 0.1) is 11.1 Å². The minimum Gasteiger partial charge on any atom is -0.465 e. The molecule has 34 heavy (non-hydrogen) atoms. The first-order chi connectivity index (χ1) is 16.5. The summed E-state index contributed by atoms with van der Waals surface area (Å²) in [5, 5.41) is 0. The number of aryl methyl sites for hydroxylation is 1. The Hall–Kier alpha value is -4.20. The molecule has 0 aromatic heterocycles. The van der Waals surface area contributed by atoms with E-state index in [0.717, 1.165) is 5.56 Å². The number of carbonyl (C=O) groups is 2. The van der Waals surface area contributed by atoms with Crippen molar-refractivity contribution in [2.24, 2.45) is 0 Å². The number of hydrogen-bond acceptors (Lipinski definition) is 7. The highest BCUT2D eigenvalue weighted by Crippen LogP contribution is 2.22. The van der Waals surface area contributed by atoms with E-state index in [1.54, 1.807) is 85.8 Å². The molecule has 3 aromatic carbocycles. The predicted molar refractivity (Wildman–Crippen MR) is 127 cm³/mol. The molecule has 0 saturated heterocycles. The van der Waals surface area contributed by atoms with E-state index < -0.39 is 11.9 Å². The minimum absolute atomic E-state index is 0.0940. The molecule has 0 bridgehead atoms. The first-order valence-corrected chi connectivity index (χ1v) is 10.4. The van der Waals surface area contributed by atoms with E-state index in [1.165, 1.54) is 0 Å². The van der Waals surface area contributed by atoms with E-state index in [4.69, 9.17) is 24.0 Å². The van der Waals surface area contributed by atoms with Crippen LogP contribution in [-0.4, -0.2) is 25.3 Å². The Balaban J connectivity index is 1.56. The summed E-state index contributed by atoms with van der Waals surface area (Å²) < 4.78 is 16.2. The molecule has 0 saturated carbocycles. The van der Waals surface area contributed by atoms with Gasteiger partial charge in [0, 0.05) is 0 Å². The van der Waals surface area contributed by atoms with E-state index in [1.807, 2.05) is 0 Å². The normalized spacial score (nSPS) is 10.3.